The molecule has 3 heterocycles. The van der Waals surface area contributed by atoms with E-state index in [9.17, 15) is 9.90 Å². The van der Waals surface area contributed by atoms with Crippen LogP contribution in [0.2, 0.25) is 0 Å². The predicted molar refractivity (Wildman–Crippen MR) is 111 cm³/mol. The number of hydrogen-bond acceptors (Lipinski definition) is 6. The predicted octanol–water partition coefficient (Wildman–Crippen LogP) is 1.78. The quantitative estimate of drug-likeness (QED) is 0.649. The van der Waals surface area contributed by atoms with Crippen molar-refractivity contribution in [2.24, 2.45) is 0 Å². The number of likely N-dealkylation sites (N-methyl/N-ethyl adjacent to an activating group) is 1. The zero-order valence-corrected chi connectivity index (χ0v) is 16.2. The Bertz CT molecular complexity index is 1230. The average Bonchev–Trinajstić information content (AvgIpc) is 3.00. The van der Waals surface area contributed by atoms with Crippen LogP contribution in [-0.2, 0) is 11.2 Å². The molecule has 0 spiro atoms. The first kappa shape index (κ1) is 17.6. The van der Waals surface area contributed by atoms with Crippen LogP contribution < -0.4 is 5.73 Å². The number of hydrogen-bond donors (Lipinski definition) is 2. The Morgan fingerprint density at radius 1 is 1.34 bits per heavy atom. The van der Waals surface area contributed by atoms with Crippen LogP contribution in [0.5, 0.6) is 0 Å². The van der Waals surface area contributed by atoms with Crippen LogP contribution in [0, 0.1) is 11.8 Å². The van der Waals surface area contributed by atoms with Gasteiger partial charge in [-0.2, -0.15) is 0 Å². The summed E-state index contributed by atoms with van der Waals surface area (Å²) in [5, 5.41) is 10.5. The van der Waals surface area contributed by atoms with Crippen molar-refractivity contribution < 1.29 is 11.3 Å². The lowest BCUT2D eigenvalue weighted by Crippen LogP contribution is -2.37. The highest BCUT2D eigenvalue weighted by atomic mass is 16.3. The first-order valence-electron chi connectivity index (χ1n) is 9.86. The third-order valence-electron chi connectivity index (χ3n) is 5.11. The first-order valence-corrected chi connectivity index (χ1v) is 9.36. The lowest BCUT2D eigenvalue weighted by molar-refractivity contribution is -0.137. The molecule has 0 aliphatic carbocycles. The van der Waals surface area contributed by atoms with Crippen molar-refractivity contribution in [3.63, 3.8) is 0 Å². The number of pyridine rings is 1. The molecule has 1 amide bonds. The van der Waals surface area contributed by atoms with Crippen LogP contribution >= 0.6 is 0 Å². The molecule has 3 aromatic rings. The molecule has 4 rings (SSSR count). The minimum Gasteiger partial charge on any atom is -0.382 e. The Kier molecular flexibility index (Phi) is 4.34. The molecule has 0 radical (unpaired) electrons. The van der Waals surface area contributed by atoms with E-state index >= 15 is 0 Å². The number of aliphatic hydroxyl groups is 1. The van der Waals surface area contributed by atoms with Gasteiger partial charge < -0.3 is 15.7 Å². The fourth-order valence-corrected chi connectivity index (χ4v) is 3.40. The third-order valence-corrected chi connectivity index (χ3v) is 5.11. The number of nitrogen functional groups attached to an aromatic ring is 1. The van der Waals surface area contributed by atoms with Crippen molar-refractivity contribution >= 4 is 22.8 Å². The maximum atomic E-state index is 12.1. The number of aromatic nitrogens is 3. The standard InChI is InChI=1S/C22H21N5O2/c1-3-15-12-17(26-19-18(15)24-13-25-20(19)23)16-6-4-5-14(11-16)7-8-22(29)9-10-27(2)21(22)28/h4-6,11-13,29H,3,9-10H2,1-2H3,(H2,23,24,25)/i13D. The number of carbonyl (C=O) groups is 1. The lowest BCUT2D eigenvalue weighted by Gasteiger charge is -2.13. The molecule has 1 aromatic carbocycles. The van der Waals surface area contributed by atoms with E-state index in [1.807, 2.05) is 37.3 Å². The van der Waals surface area contributed by atoms with Crippen LogP contribution in [0.4, 0.5) is 5.82 Å². The highest BCUT2D eigenvalue weighted by molar-refractivity contribution is 5.91. The second kappa shape index (κ2) is 7.15. The number of amides is 1. The Morgan fingerprint density at radius 2 is 2.17 bits per heavy atom. The molecule has 0 bridgehead atoms. The van der Waals surface area contributed by atoms with Crippen molar-refractivity contribution in [1.82, 2.24) is 19.9 Å². The second-order valence-electron chi connectivity index (χ2n) is 7.09. The fourth-order valence-electron chi connectivity index (χ4n) is 3.40. The summed E-state index contributed by atoms with van der Waals surface area (Å²) in [4.78, 5) is 26.3. The molecule has 2 aromatic heterocycles. The zero-order valence-electron chi connectivity index (χ0n) is 17.2. The lowest BCUT2D eigenvalue weighted by atomic mass is 10.0. The van der Waals surface area contributed by atoms with Gasteiger partial charge in [-0.1, -0.05) is 30.9 Å². The molecule has 1 aliphatic rings. The molecule has 1 atom stereocenters. The molecular weight excluding hydrogens is 366 g/mol. The molecule has 1 aliphatic heterocycles. The van der Waals surface area contributed by atoms with Gasteiger partial charge in [-0.3, -0.25) is 4.79 Å². The molecule has 0 saturated carbocycles. The minimum absolute atomic E-state index is 0.133. The molecule has 3 N–H and O–H groups in total. The van der Waals surface area contributed by atoms with Crippen LogP contribution in [0.15, 0.2) is 36.6 Å². The van der Waals surface area contributed by atoms with E-state index in [1.165, 1.54) is 4.90 Å². The van der Waals surface area contributed by atoms with Crippen molar-refractivity contribution in [3.05, 3.63) is 47.8 Å². The van der Waals surface area contributed by atoms with Gasteiger partial charge in [-0.25, -0.2) is 15.0 Å². The number of likely N-dealkylation sites (tertiary alicyclic amines) is 1. The topological polar surface area (TPSA) is 105 Å². The number of rotatable bonds is 2. The van der Waals surface area contributed by atoms with E-state index in [0.29, 0.717) is 41.7 Å². The van der Waals surface area contributed by atoms with Crippen molar-refractivity contribution in [3.8, 4) is 23.1 Å². The van der Waals surface area contributed by atoms with E-state index in [2.05, 4.69) is 26.8 Å². The number of fused-ring (bicyclic) bond motifs is 1. The second-order valence-corrected chi connectivity index (χ2v) is 7.09. The number of anilines is 1. The molecule has 1 fully saturated rings. The molecule has 1 saturated heterocycles. The Balaban J connectivity index is 1.76. The molecule has 1 unspecified atom stereocenters. The van der Waals surface area contributed by atoms with Crippen LogP contribution in [-0.4, -0.2) is 50.1 Å². The van der Waals surface area contributed by atoms with Gasteiger partial charge in [-0.15, -0.1) is 0 Å². The van der Waals surface area contributed by atoms with E-state index in [-0.39, 0.29) is 18.0 Å². The summed E-state index contributed by atoms with van der Waals surface area (Å²) in [5.41, 5.74) is 8.49. The number of benzene rings is 1. The zero-order chi connectivity index (χ0) is 21.5. The van der Waals surface area contributed by atoms with Crippen molar-refractivity contribution in [2.45, 2.75) is 25.4 Å². The van der Waals surface area contributed by atoms with Crippen molar-refractivity contribution in [1.29, 1.82) is 0 Å². The van der Waals surface area contributed by atoms with Gasteiger partial charge in [0.2, 0.25) is 5.60 Å². The fraction of sp³-hybridized carbons (Fsp3) is 0.273. The van der Waals surface area contributed by atoms with Crippen molar-refractivity contribution in [2.75, 3.05) is 19.3 Å². The SMILES string of the molecule is [2H]c1nc(N)c2nc(-c3cccc(C#CC4(O)CCN(C)C4=O)c3)cc(CC)c2n1. The Labute approximate surface area is 170 Å². The minimum atomic E-state index is -1.64. The van der Waals surface area contributed by atoms with Gasteiger partial charge in [0.1, 0.15) is 13.2 Å². The summed E-state index contributed by atoms with van der Waals surface area (Å²) in [6.45, 7) is 2.48. The van der Waals surface area contributed by atoms with Gasteiger partial charge in [0, 0.05) is 31.1 Å². The number of carbonyl (C=O) groups excluding carboxylic acids is 1. The van der Waals surface area contributed by atoms with Gasteiger partial charge in [-0.05, 0) is 30.2 Å². The van der Waals surface area contributed by atoms with Crippen LogP contribution in [0.25, 0.3) is 22.3 Å². The average molecular weight is 388 g/mol. The summed E-state index contributed by atoms with van der Waals surface area (Å²) >= 11 is 0. The van der Waals surface area contributed by atoms with Gasteiger partial charge in [0.15, 0.2) is 5.82 Å². The Morgan fingerprint density at radius 3 is 2.90 bits per heavy atom. The maximum Gasteiger partial charge on any atom is 0.267 e. The first-order chi connectivity index (χ1) is 14.3. The summed E-state index contributed by atoms with van der Waals surface area (Å²) < 4.78 is 7.70. The van der Waals surface area contributed by atoms with Crippen LogP contribution in [0.3, 0.4) is 0 Å². The van der Waals surface area contributed by atoms with E-state index < -0.39 is 5.60 Å². The summed E-state index contributed by atoms with van der Waals surface area (Å²) in [5.74, 6) is 5.45. The van der Waals surface area contributed by atoms with E-state index in [4.69, 9.17) is 7.10 Å². The molecular formula is C22H21N5O2. The highest BCUT2D eigenvalue weighted by Gasteiger charge is 2.42. The normalized spacial score (nSPS) is 19.2. The number of nitrogens with zero attached hydrogens (tertiary/aromatic N) is 4. The van der Waals surface area contributed by atoms with E-state index in [0.717, 1.165) is 11.1 Å². The number of nitrogens with two attached hydrogens (primary N) is 1. The monoisotopic (exact) mass is 388 g/mol. The molecule has 146 valence electrons. The third kappa shape index (κ3) is 3.39. The Hall–Kier alpha value is -3.50. The van der Waals surface area contributed by atoms with Crippen LogP contribution in [0.1, 0.15) is 25.8 Å². The summed E-state index contributed by atoms with van der Waals surface area (Å²) in [7, 11) is 1.65. The van der Waals surface area contributed by atoms with Gasteiger partial charge >= 0.3 is 0 Å². The summed E-state index contributed by atoms with van der Waals surface area (Å²) in [6.07, 6.45) is 0.856. The smallest absolute Gasteiger partial charge is 0.267 e. The van der Waals surface area contributed by atoms with E-state index in [1.54, 1.807) is 7.05 Å². The number of aryl methyl sites for hydroxylation is 1. The van der Waals surface area contributed by atoms with Gasteiger partial charge in [0.05, 0.1) is 11.2 Å². The molecule has 7 nitrogen and oxygen atoms in total. The molecule has 29 heavy (non-hydrogen) atoms. The maximum absolute atomic E-state index is 12.1. The largest absolute Gasteiger partial charge is 0.382 e. The van der Waals surface area contributed by atoms with Gasteiger partial charge in [0.25, 0.3) is 5.91 Å². The highest BCUT2D eigenvalue weighted by Crippen LogP contribution is 2.27. The summed E-state index contributed by atoms with van der Waals surface area (Å²) in [6, 6.07) is 9.33. The molecule has 7 heteroatoms.